The quantitative estimate of drug-likeness (QED) is 0.794. The van der Waals surface area contributed by atoms with Crippen LogP contribution in [-0.2, 0) is 16.6 Å². The minimum atomic E-state index is -3.94. The summed E-state index contributed by atoms with van der Waals surface area (Å²) in [5.41, 5.74) is 6.61. The monoisotopic (exact) mass is 298 g/mol. The first-order valence-corrected chi connectivity index (χ1v) is 7.36. The van der Waals surface area contributed by atoms with Gasteiger partial charge in [-0.2, -0.15) is 5.10 Å². The Morgan fingerprint density at radius 1 is 1.40 bits per heavy atom. The van der Waals surface area contributed by atoms with Crippen LogP contribution in [-0.4, -0.2) is 18.6 Å². The third kappa shape index (κ3) is 2.66. The lowest BCUT2D eigenvalue weighted by molar-refractivity contribution is 0.597. The number of rotatable bonds is 4. The van der Waals surface area contributed by atoms with E-state index in [1.54, 1.807) is 19.9 Å². The first-order valence-electron chi connectivity index (χ1n) is 5.88. The van der Waals surface area contributed by atoms with Gasteiger partial charge in [0, 0.05) is 6.54 Å². The number of halogens is 1. The number of hydrogen-bond donors (Lipinski definition) is 3. The summed E-state index contributed by atoms with van der Waals surface area (Å²) in [5, 5.41) is 6.38. The molecule has 0 aliphatic heterocycles. The van der Waals surface area contributed by atoms with Gasteiger partial charge >= 0.3 is 0 Å². The maximum Gasteiger partial charge on any atom is 0.265 e. The largest absolute Gasteiger partial charge is 0.325 e. The smallest absolute Gasteiger partial charge is 0.265 e. The molecular weight excluding hydrogens is 283 g/mol. The SMILES string of the molecule is Cc1ccc(NS(=O)(=O)c2c(CN)n[nH]c2C)c(F)c1. The first-order chi connectivity index (χ1) is 9.35. The second-order valence-electron chi connectivity index (χ2n) is 4.42. The van der Waals surface area contributed by atoms with Crippen molar-refractivity contribution in [3.63, 3.8) is 0 Å². The summed E-state index contributed by atoms with van der Waals surface area (Å²) in [6, 6.07) is 4.25. The molecule has 0 fully saturated rings. The number of anilines is 1. The molecule has 6 nitrogen and oxygen atoms in total. The van der Waals surface area contributed by atoms with E-state index < -0.39 is 15.8 Å². The van der Waals surface area contributed by atoms with Crippen LogP contribution in [0.3, 0.4) is 0 Å². The molecule has 0 aliphatic rings. The van der Waals surface area contributed by atoms with Crippen LogP contribution in [0, 0.1) is 19.7 Å². The van der Waals surface area contributed by atoms with E-state index in [0.29, 0.717) is 11.3 Å². The molecule has 0 bridgehead atoms. The zero-order chi connectivity index (χ0) is 14.9. The Kier molecular flexibility index (Phi) is 3.78. The van der Waals surface area contributed by atoms with Gasteiger partial charge in [0.1, 0.15) is 10.7 Å². The number of nitrogens with one attached hydrogen (secondary N) is 2. The topological polar surface area (TPSA) is 101 Å². The van der Waals surface area contributed by atoms with Crippen LogP contribution in [0.2, 0.25) is 0 Å². The fraction of sp³-hybridized carbons (Fsp3) is 0.250. The van der Waals surface area contributed by atoms with Gasteiger partial charge < -0.3 is 5.73 Å². The summed E-state index contributed by atoms with van der Waals surface area (Å²) in [6.07, 6.45) is 0. The number of nitrogens with two attached hydrogens (primary N) is 1. The maximum absolute atomic E-state index is 13.7. The van der Waals surface area contributed by atoms with E-state index in [4.69, 9.17) is 5.73 Å². The highest BCUT2D eigenvalue weighted by Gasteiger charge is 2.24. The van der Waals surface area contributed by atoms with E-state index in [-0.39, 0.29) is 22.8 Å². The Morgan fingerprint density at radius 3 is 2.70 bits per heavy atom. The predicted octanol–water partition coefficient (Wildman–Crippen LogP) is 1.43. The average Bonchev–Trinajstić information content (AvgIpc) is 2.75. The summed E-state index contributed by atoms with van der Waals surface area (Å²) in [7, 11) is -3.94. The van der Waals surface area contributed by atoms with E-state index >= 15 is 0 Å². The fourth-order valence-electron chi connectivity index (χ4n) is 1.86. The number of benzene rings is 1. The van der Waals surface area contributed by atoms with Gasteiger partial charge in [-0.05, 0) is 31.5 Å². The van der Waals surface area contributed by atoms with Crippen molar-refractivity contribution in [2.75, 3.05) is 4.72 Å². The lowest BCUT2D eigenvalue weighted by Gasteiger charge is -2.10. The molecular formula is C12H15FN4O2S. The number of H-pyrrole nitrogens is 1. The van der Waals surface area contributed by atoms with Crippen molar-refractivity contribution in [2.24, 2.45) is 5.73 Å². The molecule has 1 heterocycles. The zero-order valence-electron chi connectivity index (χ0n) is 11.1. The second kappa shape index (κ2) is 5.22. The standard InChI is InChI=1S/C12H15FN4O2S/c1-7-3-4-10(9(13)5-7)17-20(18,19)12-8(2)15-16-11(12)6-14/h3-5,17H,6,14H2,1-2H3,(H,15,16). The van der Waals surface area contributed by atoms with Crippen molar-refractivity contribution in [3.8, 4) is 0 Å². The highest BCUT2D eigenvalue weighted by atomic mass is 32.2. The number of nitrogens with zero attached hydrogens (tertiary/aromatic N) is 1. The Bertz CT molecular complexity index is 740. The normalized spacial score (nSPS) is 11.6. The van der Waals surface area contributed by atoms with Crippen molar-refractivity contribution in [3.05, 3.63) is 41.0 Å². The lowest BCUT2D eigenvalue weighted by atomic mass is 10.2. The summed E-state index contributed by atoms with van der Waals surface area (Å²) in [4.78, 5) is -0.0417. The van der Waals surface area contributed by atoms with E-state index in [9.17, 15) is 12.8 Å². The number of aryl methyl sites for hydroxylation is 2. The molecule has 0 aliphatic carbocycles. The van der Waals surface area contributed by atoms with Gasteiger partial charge in [-0.15, -0.1) is 0 Å². The summed E-state index contributed by atoms with van der Waals surface area (Å²) < 4.78 is 40.6. The van der Waals surface area contributed by atoms with Crippen LogP contribution in [0.4, 0.5) is 10.1 Å². The minimum Gasteiger partial charge on any atom is -0.325 e. The van der Waals surface area contributed by atoms with E-state index in [0.717, 1.165) is 0 Å². The third-order valence-electron chi connectivity index (χ3n) is 2.79. The van der Waals surface area contributed by atoms with E-state index in [1.165, 1.54) is 12.1 Å². The van der Waals surface area contributed by atoms with Crippen LogP contribution in [0.25, 0.3) is 0 Å². The molecule has 1 aromatic carbocycles. The molecule has 2 rings (SSSR count). The summed E-state index contributed by atoms with van der Waals surface area (Å²) in [6.45, 7) is 3.25. The molecule has 0 radical (unpaired) electrons. The Labute approximate surface area is 116 Å². The Balaban J connectivity index is 2.43. The van der Waals surface area contributed by atoms with Gasteiger partial charge in [0.15, 0.2) is 0 Å². The molecule has 0 spiro atoms. The molecule has 108 valence electrons. The Hall–Kier alpha value is -1.93. The summed E-state index contributed by atoms with van der Waals surface area (Å²) in [5.74, 6) is -0.635. The van der Waals surface area contributed by atoms with Crippen LogP contribution in [0.1, 0.15) is 17.0 Å². The lowest BCUT2D eigenvalue weighted by Crippen LogP contribution is -2.17. The highest BCUT2D eigenvalue weighted by Crippen LogP contribution is 2.23. The molecule has 0 atom stereocenters. The molecule has 0 saturated carbocycles. The molecule has 0 saturated heterocycles. The molecule has 0 unspecified atom stereocenters. The highest BCUT2D eigenvalue weighted by molar-refractivity contribution is 7.92. The van der Waals surface area contributed by atoms with Gasteiger partial charge in [0.2, 0.25) is 0 Å². The van der Waals surface area contributed by atoms with E-state index in [2.05, 4.69) is 14.9 Å². The van der Waals surface area contributed by atoms with Gasteiger partial charge in [-0.25, -0.2) is 12.8 Å². The van der Waals surface area contributed by atoms with Crippen molar-refractivity contribution >= 4 is 15.7 Å². The van der Waals surface area contributed by atoms with Crippen molar-refractivity contribution in [2.45, 2.75) is 25.3 Å². The number of aromatic nitrogens is 2. The fourth-order valence-corrected chi connectivity index (χ4v) is 3.31. The molecule has 1 aromatic heterocycles. The maximum atomic E-state index is 13.7. The minimum absolute atomic E-state index is 0.0308. The number of aromatic amines is 1. The van der Waals surface area contributed by atoms with Crippen LogP contribution < -0.4 is 10.5 Å². The molecule has 8 heteroatoms. The van der Waals surface area contributed by atoms with Gasteiger partial charge in [-0.3, -0.25) is 9.82 Å². The predicted molar refractivity (Wildman–Crippen MR) is 73.2 cm³/mol. The van der Waals surface area contributed by atoms with Crippen LogP contribution >= 0.6 is 0 Å². The molecule has 0 amide bonds. The summed E-state index contributed by atoms with van der Waals surface area (Å²) >= 11 is 0. The second-order valence-corrected chi connectivity index (χ2v) is 6.04. The van der Waals surface area contributed by atoms with Crippen molar-refractivity contribution in [1.82, 2.24) is 10.2 Å². The van der Waals surface area contributed by atoms with Gasteiger partial charge in [-0.1, -0.05) is 6.07 Å². The van der Waals surface area contributed by atoms with Gasteiger partial charge in [0.05, 0.1) is 17.1 Å². The van der Waals surface area contributed by atoms with Gasteiger partial charge in [0.25, 0.3) is 10.0 Å². The van der Waals surface area contributed by atoms with Crippen molar-refractivity contribution in [1.29, 1.82) is 0 Å². The molecule has 2 aromatic rings. The van der Waals surface area contributed by atoms with Crippen LogP contribution in [0.15, 0.2) is 23.1 Å². The van der Waals surface area contributed by atoms with Crippen molar-refractivity contribution < 1.29 is 12.8 Å². The first kappa shape index (κ1) is 14.5. The van der Waals surface area contributed by atoms with E-state index in [1.807, 2.05) is 0 Å². The third-order valence-corrected chi connectivity index (χ3v) is 4.36. The number of sulfonamides is 1. The number of hydrogen-bond acceptors (Lipinski definition) is 4. The molecule has 20 heavy (non-hydrogen) atoms. The Morgan fingerprint density at radius 2 is 2.10 bits per heavy atom. The average molecular weight is 298 g/mol. The molecule has 4 N–H and O–H groups in total. The zero-order valence-corrected chi connectivity index (χ0v) is 11.9. The van der Waals surface area contributed by atoms with Crippen LogP contribution in [0.5, 0.6) is 0 Å².